The summed E-state index contributed by atoms with van der Waals surface area (Å²) in [4.78, 5) is 66.1. The molecule has 0 spiro atoms. The average Bonchev–Trinajstić information content (AvgIpc) is 3.33. The summed E-state index contributed by atoms with van der Waals surface area (Å²) >= 11 is 5.41. The molecule has 0 aromatic heterocycles. The number of carbonyl (C=O) groups is 5. The van der Waals surface area contributed by atoms with Gasteiger partial charge in [-0.3, -0.25) is 29.4 Å². The zero-order chi connectivity index (χ0) is 26.9. The molecule has 4 fully saturated rings. The number of carbonyl (C=O) groups excluding carboxylic acids is 5. The smallest absolute Gasteiger partial charge is 0.291 e. The van der Waals surface area contributed by atoms with Gasteiger partial charge in [0.25, 0.3) is 17.4 Å². The molecule has 206 valence electrons. The topological polar surface area (TPSA) is 128 Å². The van der Waals surface area contributed by atoms with Crippen LogP contribution in [0.2, 0.25) is 0 Å². The zero-order valence-electron chi connectivity index (χ0n) is 21.4. The summed E-state index contributed by atoms with van der Waals surface area (Å²) in [7, 11) is 0. The zero-order valence-corrected chi connectivity index (χ0v) is 22.1. The molecular formula is C25H37ClFN5O5. The van der Waals surface area contributed by atoms with Crippen LogP contribution in [-0.2, 0) is 24.0 Å². The van der Waals surface area contributed by atoms with E-state index in [9.17, 15) is 28.4 Å². The third-order valence-corrected chi connectivity index (χ3v) is 8.62. The van der Waals surface area contributed by atoms with Gasteiger partial charge in [0.15, 0.2) is 0 Å². The van der Waals surface area contributed by atoms with E-state index in [2.05, 4.69) is 16.1 Å². The minimum Gasteiger partial charge on any atom is -0.356 e. The quantitative estimate of drug-likeness (QED) is 0.297. The molecule has 7 atom stereocenters. The number of hydrogen-bond acceptors (Lipinski definition) is 5. The SMILES string of the molecule is CCC(C)C(NC(=O)C1CC1)C(=O)N1C[C@@H]2CCC[C@@H]2[C@H]1C(=O)NN(C[C@@H]1CCNC1=O)C(=O)C(F)Cl. The summed E-state index contributed by atoms with van der Waals surface area (Å²) in [5, 5.41) is 6.36. The Labute approximate surface area is 221 Å². The van der Waals surface area contributed by atoms with Crippen LogP contribution >= 0.6 is 11.6 Å². The molecule has 12 heteroatoms. The molecule has 2 heterocycles. The van der Waals surface area contributed by atoms with E-state index in [4.69, 9.17) is 11.6 Å². The van der Waals surface area contributed by atoms with Gasteiger partial charge in [-0.2, -0.15) is 0 Å². The second-order valence-corrected chi connectivity index (χ2v) is 11.3. The number of rotatable bonds is 9. The van der Waals surface area contributed by atoms with E-state index < -0.39 is 35.4 Å². The lowest BCUT2D eigenvalue weighted by molar-refractivity contribution is -0.150. The van der Waals surface area contributed by atoms with Crippen LogP contribution in [0, 0.1) is 29.6 Å². The van der Waals surface area contributed by atoms with Crippen LogP contribution in [0.1, 0.15) is 58.8 Å². The van der Waals surface area contributed by atoms with Crippen LogP contribution in [-0.4, -0.2) is 76.8 Å². The number of alkyl halides is 2. The monoisotopic (exact) mass is 541 g/mol. The molecular weight excluding hydrogens is 505 g/mol. The molecule has 5 amide bonds. The Kier molecular flexibility index (Phi) is 8.60. The first kappa shape index (κ1) is 27.6. The first-order chi connectivity index (χ1) is 17.6. The predicted octanol–water partition coefficient (Wildman–Crippen LogP) is 1.08. The van der Waals surface area contributed by atoms with Gasteiger partial charge < -0.3 is 15.5 Å². The van der Waals surface area contributed by atoms with Crippen molar-refractivity contribution in [3.8, 4) is 0 Å². The fraction of sp³-hybridized carbons (Fsp3) is 0.800. The molecule has 0 aromatic rings. The second kappa shape index (κ2) is 11.5. The van der Waals surface area contributed by atoms with E-state index in [1.165, 1.54) is 4.90 Å². The van der Waals surface area contributed by atoms with Crippen LogP contribution in [0.3, 0.4) is 0 Å². The third-order valence-electron chi connectivity index (χ3n) is 8.43. The van der Waals surface area contributed by atoms with Gasteiger partial charge >= 0.3 is 0 Å². The van der Waals surface area contributed by atoms with Gasteiger partial charge in [-0.1, -0.05) is 38.3 Å². The number of nitrogens with one attached hydrogen (secondary N) is 3. The van der Waals surface area contributed by atoms with E-state index in [0.717, 1.165) is 37.1 Å². The third kappa shape index (κ3) is 6.02. The maximum atomic E-state index is 13.8. The molecule has 2 aliphatic carbocycles. The molecule has 37 heavy (non-hydrogen) atoms. The van der Waals surface area contributed by atoms with Gasteiger partial charge in [-0.25, -0.2) is 9.40 Å². The fourth-order valence-corrected chi connectivity index (χ4v) is 6.01. The maximum absolute atomic E-state index is 13.8. The molecule has 3 N–H and O–H groups in total. The highest BCUT2D eigenvalue weighted by molar-refractivity contribution is 6.29. The first-order valence-corrected chi connectivity index (χ1v) is 13.8. The minimum absolute atomic E-state index is 0.0621. The molecule has 4 aliphatic rings. The largest absolute Gasteiger partial charge is 0.356 e. The van der Waals surface area contributed by atoms with Crippen LogP contribution in [0.15, 0.2) is 0 Å². The Morgan fingerprint density at radius 2 is 1.89 bits per heavy atom. The Balaban J connectivity index is 1.54. The molecule has 0 radical (unpaired) electrons. The van der Waals surface area contributed by atoms with Crippen LogP contribution < -0.4 is 16.1 Å². The highest BCUT2D eigenvalue weighted by Crippen LogP contribution is 2.43. The number of halogens is 2. The van der Waals surface area contributed by atoms with E-state index in [1.807, 2.05) is 13.8 Å². The summed E-state index contributed by atoms with van der Waals surface area (Å²) in [6, 6.07) is -1.63. The number of likely N-dealkylation sites (tertiary alicyclic amines) is 1. The van der Waals surface area contributed by atoms with Crippen LogP contribution in [0.5, 0.6) is 0 Å². The highest BCUT2D eigenvalue weighted by Gasteiger charge is 2.51. The second-order valence-electron chi connectivity index (χ2n) is 10.9. The fourth-order valence-electron chi connectivity index (χ4n) is 5.89. The van der Waals surface area contributed by atoms with Crippen molar-refractivity contribution in [2.24, 2.45) is 29.6 Å². The van der Waals surface area contributed by atoms with Gasteiger partial charge in [0.1, 0.15) is 12.1 Å². The van der Waals surface area contributed by atoms with Crippen molar-refractivity contribution < 1.29 is 28.4 Å². The van der Waals surface area contributed by atoms with Crippen LogP contribution in [0.25, 0.3) is 0 Å². The van der Waals surface area contributed by atoms with Gasteiger partial charge in [0.05, 0.1) is 12.5 Å². The maximum Gasteiger partial charge on any atom is 0.291 e. The Morgan fingerprint density at radius 1 is 1.16 bits per heavy atom. The van der Waals surface area contributed by atoms with E-state index >= 15 is 0 Å². The Bertz CT molecular complexity index is 931. The molecule has 4 rings (SSSR count). The Morgan fingerprint density at radius 3 is 2.49 bits per heavy atom. The predicted molar refractivity (Wildman–Crippen MR) is 132 cm³/mol. The molecule has 0 bridgehead atoms. The van der Waals surface area contributed by atoms with Crippen LogP contribution in [0.4, 0.5) is 4.39 Å². The molecule has 3 unspecified atom stereocenters. The lowest BCUT2D eigenvalue weighted by Crippen LogP contribution is -2.60. The van der Waals surface area contributed by atoms with Crippen molar-refractivity contribution in [1.29, 1.82) is 0 Å². The van der Waals surface area contributed by atoms with Crippen molar-refractivity contribution in [2.45, 2.75) is 76.5 Å². The number of amides is 5. The molecule has 2 saturated carbocycles. The van der Waals surface area contributed by atoms with Gasteiger partial charge in [-0.05, 0) is 49.9 Å². The van der Waals surface area contributed by atoms with Crippen molar-refractivity contribution in [3.63, 3.8) is 0 Å². The average molecular weight is 542 g/mol. The summed E-state index contributed by atoms with van der Waals surface area (Å²) in [5.41, 5.74) is 0.104. The normalized spacial score (nSPS) is 29.2. The lowest BCUT2D eigenvalue weighted by atomic mass is 9.93. The minimum atomic E-state index is -2.39. The molecule has 0 aromatic carbocycles. The lowest BCUT2D eigenvalue weighted by Gasteiger charge is -2.34. The van der Waals surface area contributed by atoms with Gasteiger partial charge in [0.2, 0.25) is 17.7 Å². The number of fused-ring (bicyclic) bond motifs is 1. The summed E-state index contributed by atoms with van der Waals surface area (Å²) < 4.78 is 13.8. The van der Waals surface area contributed by atoms with Crippen molar-refractivity contribution >= 4 is 41.1 Å². The van der Waals surface area contributed by atoms with E-state index in [0.29, 0.717) is 25.9 Å². The van der Waals surface area contributed by atoms with Crippen molar-refractivity contribution in [3.05, 3.63) is 0 Å². The van der Waals surface area contributed by atoms with E-state index in [1.54, 1.807) is 0 Å². The first-order valence-electron chi connectivity index (χ1n) is 13.4. The summed E-state index contributed by atoms with van der Waals surface area (Å²) in [6.45, 7) is 4.44. The summed E-state index contributed by atoms with van der Waals surface area (Å²) in [5.74, 6) is -3.29. The Hall–Kier alpha value is -2.43. The highest BCUT2D eigenvalue weighted by atomic mass is 35.5. The molecule has 2 saturated heterocycles. The van der Waals surface area contributed by atoms with Crippen molar-refractivity contribution in [1.82, 2.24) is 26.0 Å². The van der Waals surface area contributed by atoms with Gasteiger partial charge in [0, 0.05) is 19.0 Å². The standard InChI is InChI=1S/C25H37ClFN5O5/c1-3-13(2)18(29-22(34)14-7-8-14)24(36)31-11-15-5-4-6-17(15)19(31)23(35)30-32(25(37)20(26)27)12-16-9-10-28-21(16)33/h13-20H,3-12H2,1-2H3,(H,28,33)(H,29,34)(H,30,35)/t13?,15-,16-,17-,18?,19-,20?/m0/s1. The van der Waals surface area contributed by atoms with Gasteiger partial charge in [-0.15, -0.1) is 0 Å². The molecule has 10 nitrogen and oxygen atoms in total. The summed E-state index contributed by atoms with van der Waals surface area (Å²) in [6.07, 6.45) is 5.27. The number of nitrogens with zero attached hydrogens (tertiary/aromatic N) is 2. The molecule has 2 aliphatic heterocycles. The van der Waals surface area contributed by atoms with E-state index in [-0.39, 0.29) is 47.9 Å². The number of hydrogen-bond donors (Lipinski definition) is 3. The van der Waals surface area contributed by atoms with Crippen molar-refractivity contribution in [2.75, 3.05) is 19.6 Å². The number of hydrazine groups is 1.